The second-order valence-corrected chi connectivity index (χ2v) is 13.1. The summed E-state index contributed by atoms with van der Waals surface area (Å²) >= 11 is 8.36. The number of halogens is 1. The van der Waals surface area contributed by atoms with Crippen LogP contribution in [0.4, 0.5) is 0 Å². The molecule has 0 saturated heterocycles. The number of hydrogen-bond donors (Lipinski definition) is 0. The number of benzene rings is 1. The van der Waals surface area contributed by atoms with Gasteiger partial charge < -0.3 is 0 Å². The average molecular weight is 541 g/mol. The lowest BCUT2D eigenvalue weighted by Gasteiger charge is -2.02. The molecule has 0 nitrogen and oxygen atoms in total. The molecule has 0 N–H and O–H groups in total. The van der Waals surface area contributed by atoms with Crippen LogP contribution in [-0.2, 0) is 6.42 Å². The highest BCUT2D eigenvalue weighted by atomic mass is 127. The van der Waals surface area contributed by atoms with Crippen molar-refractivity contribution in [3.8, 4) is 0 Å². The highest BCUT2D eigenvalue weighted by Gasteiger charge is 2.12. The molecule has 0 aliphatic carbocycles. The van der Waals surface area contributed by atoms with Crippen molar-refractivity contribution in [1.82, 2.24) is 0 Å². The Morgan fingerprint density at radius 1 is 0.679 bits per heavy atom. The Morgan fingerprint density at radius 2 is 1.39 bits per heavy atom. The van der Waals surface area contributed by atoms with E-state index in [0.29, 0.717) is 0 Å². The fourth-order valence-corrected chi connectivity index (χ4v) is 8.54. The molecular weight excluding hydrogens is 511 g/mol. The van der Waals surface area contributed by atoms with Crippen LogP contribution in [0, 0.1) is 2.88 Å². The summed E-state index contributed by atoms with van der Waals surface area (Å²) in [5, 5.41) is 2.88. The maximum atomic E-state index is 2.47. The maximum absolute atomic E-state index is 2.47. The Labute approximate surface area is 194 Å². The van der Waals surface area contributed by atoms with Crippen LogP contribution < -0.4 is 0 Å². The first-order chi connectivity index (χ1) is 13.7. The van der Waals surface area contributed by atoms with E-state index in [1.807, 2.05) is 34.0 Å². The molecule has 4 heteroatoms. The van der Waals surface area contributed by atoms with Crippen molar-refractivity contribution in [3.05, 3.63) is 32.0 Å². The molecule has 0 aliphatic heterocycles. The lowest BCUT2D eigenvalue weighted by atomic mass is 10.1. The van der Waals surface area contributed by atoms with Crippen LogP contribution in [0.1, 0.15) is 76.0 Å². The standard InChI is InChI=1S/C24H29IS3/c1-2-3-4-5-6-7-8-9-10-11-12-18-15-22-24(26-18)19-13-17-14-23(25)28-20(17)16-21(19)27-22/h13-16H,2-12H2,1H3. The summed E-state index contributed by atoms with van der Waals surface area (Å²) < 4.78 is 7.28. The second kappa shape index (κ2) is 10.2. The van der Waals surface area contributed by atoms with Gasteiger partial charge in [-0.25, -0.2) is 0 Å². The Hall–Kier alpha value is -0.170. The largest absolute Gasteiger partial charge is 0.139 e. The van der Waals surface area contributed by atoms with Gasteiger partial charge in [0, 0.05) is 24.4 Å². The molecule has 3 heterocycles. The number of rotatable bonds is 11. The second-order valence-electron chi connectivity index (χ2n) is 7.88. The van der Waals surface area contributed by atoms with E-state index >= 15 is 0 Å². The van der Waals surface area contributed by atoms with Gasteiger partial charge in [-0.15, -0.1) is 34.0 Å². The summed E-state index contributed by atoms with van der Waals surface area (Å²) in [7, 11) is 0. The van der Waals surface area contributed by atoms with Crippen molar-refractivity contribution in [1.29, 1.82) is 0 Å². The summed E-state index contributed by atoms with van der Waals surface area (Å²) in [6, 6.07) is 9.61. The third-order valence-electron chi connectivity index (χ3n) is 5.58. The molecule has 4 aromatic rings. The van der Waals surface area contributed by atoms with Gasteiger partial charge in [0.05, 0.1) is 7.58 Å². The van der Waals surface area contributed by atoms with Crippen LogP contribution in [-0.4, -0.2) is 0 Å². The molecule has 3 aromatic heterocycles. The van der Waals surface area contributed by atoms with E-state index in [4.69, 9.17) is 0 Å². The molecule has 150 valence electrons. The lowest BCUT2D eigenvalue weighted by molar-refractivity contribution is 0.557. The highest BCUT2D eigenvalue weighted by molar-refractivity contribution is 14.1. The van der Waals surface area contributed by atoms with E-state index in [9.17, 15) is 0 Å². The molecule has 1 aromatic carbocycles. The van der Waals surface area contributed by atoms with Crippen LogP contribution >= 0.6 is 56.6 Å². The summed E-state index contributed by atoms with van der Waals surface area (Å²) in [4.78, 5) is 1.59. The molecule has 0 spiro atoms. The first kappa shape index (κ1) is 21.1. The van der Waals surface area contributed by atoms with E-state index in [1.165, 1.54) is 103 Å². The quantitative estimate of drug-likeness (QED) is 0.131. The normalized spacial score (nSPS) is 12.1. The van der Waals surface area contributed by atoms with E-state index in [-0.39, 0.29) is 0 Å². The van der Waals surface area contributed by atoms with Crippen LogP contribution in [0.15, 0.2) is 24.3 Å². The summed E-state index contributed by atoms with van der Waals surface area (Å²) in [6.07, 6.45) is 15.4. The first-order valence-corrected chi connectivity index (χ1v) is 14.3. The lowest BCUT2D eigenvalue weighted by Crippen LogP contribution is -1.84. The zero-order chi connectivity index (χ0) is 19.3. The Bertz CT molecular complexity index is 1040. The van der Waals surface area contributed by atoms with Gasteiger partial charge in [0.2, 0.25) is 0 Å². The van der Waals surface area contributed by atoms with E-state index in [1.54, 1.807) is 4.88 Å². The molecule has 0 radical (unpaired) electrons. The van der Waals surface area contributed by atoms with E-state index < -0.39 is 0 Å². The Balaban J connectivity index is 1.27. The molecule has 0 saturated carbocycles. The van der Waals surface area contributed by atoms with Crippen molar-refractivity contribution >= 4 is 86.2 Å². The SMILES string of the molecule is CCCCCCCCCCCCc1cc2sc3cc4sc(I)cc4cc3c2s1. The monoisotopic (exact) mass is 540 g/mol. The zero-order valence-corrected chi connectivity index (χ0v) is 21.3. The van der Waals surface area contributed by atoms with E-state index in [2.05, 4.69) is 53.8 Å². The van der Waals surface area contributed by atoms with Crippen molar-refractivity contribution in [2.45, 2.75) is 77.6 Å². The predicted molar refractivity (Wildman–Crippen MR) is 141 cm³/mol. The maximum Gasteiger partial charge on any atom is 0.0666 e. The zero-order valence-electron chi connectivity index (χ0n) is 16.7. The van der Waals surface area contributed by atoms with Crippen molar-refractivity contribution < 1.29 is 0 Å². The van der Waals surface area contributed by atoms with Crippen molar-refractivity contribution in [3.63, 3.8) is 0 Å². The molecule has 0 unspecified atom stereocenters. The molecule has 0 fully saturated rings. The van der Waals surface area contributed by atoms with Gasteiger partial charge in [0.25, 0.3) is 0 Å². The molecule has 0 bridgehead atoms. The third kappa shape index (κ3) is 5.11. The minimum Gasteiger partial charge on any atom is -0.139 e. The molecule has 28 heavy (non-hydrogen) atoms. The summed E-state index contributed by atoms with van der Waals surface area (Å²) in [5.74, 6) is 0. The Morgan fingerprint density at radius 3 is 2.14 bits per heavy atom. The van der Waals surface area contributed by atoms with Crippen molar-refractivity contribution in [2.24, 2.45) is 0 Å². The van der Waals surface area contributed by atoms with Gasteiger partial charge in [-0.1, -0.05) is 64.7 Å². The Kier molecular flexibility index (Phi) is 7.70. The fraction of sp³-hybridized carbons (Fsp3) is 0.500. The van der Waals surface area contributed by atoms with Gasteiger partial charge >= 0.3 is 0 Å². The van der Waals surface area contributed by atoms with Gasteiger partial charge in [-0.3, -0.25) is 0 Å². The van der Waals surface area contributed by atoms with Crippen LogP contribution in [0.25, 0.3) is 29.6 Å². The molecular formula is C24H29IS3. The van der Waals surface area contributed by atoms with Crippen LogP contribution in [0.3, 0.4) is 0 Å². The summed E-state index contributed by atoms with van der Waals surface area (Å²) in [5.41, 5.74) is 0. The first-order valence-electron chi connectivity index (χ1n) is 10.8. The molecule has 0 aliphatic rings. The number of aryl methyl sites for hydroxylation is 1. The van der Waals surface area contributed by atoms with Gasteiger partial charge in [-0.05, 0) is 65.1 Å². The van der Waals surface area contributed by atoms with Gasteiger partial charge in [-0.2, -0.15) is 0 Å². The third-order valence-corrected chi connectivity index (χ3v) is 9.89. The average Bonchev–Trinajstić information content (AvgIpc) is 3.32. The topological polar surface area (TPSA) is 0 Å². The highest BCUT2D eigenvalue weighted by Crippen LogP contribution is 2.42. The van der Waals surface area contributed by atoms with Crippen LogP contribution in [0.2, 0.25) is 0 Å². The van der Waals surface area contributed by atoms with Crippen LogP contribution in [0.5, 0.6) is 0 Å². The summed E-state index contributed by atoms with van der Waals surface area (Å²) in [6.45, 7) is 2.29. The van der Waals surface area contributed by atoms with Gasteiger partial charge in [0.1, 0.15) is 0 Å². The number of thiophene rings is 3. The fourth-order valence-electron chi connectivity index (χ4n) is 4.01. The van der Waals surface area contributed by atoms with E-state index in [0.717, 1.165) is 0 Å². The number of hydrogen-bond acceptors (Lipinski definition) is 3. The molecule has 0 atom stereocenters. The van der Waals surface area contributed by atoms with Crippen molar-refractivity contribution in [2.75, 3.05) is 0 Å². The molecule has 0 amide bonds. The molecule has 4 rings (SSSR count). The predicted octanol–water partition coefficient (Wildman–Crippen LogP) is 10.4. The number of unbranched alkanes of at least 4 members (excludes halogenated alkanes) is 9. The minimum atomic E-state index is 1.27. The minimum absolute atomic E-state index is 1.27. The van der Waals surface area contributed by atoms with Gasteiger partial charge in [0.15, 0.2) is 0 Å². The number of fused-ring (bicyclic) bond motifs is 4. The smallest absolute Gasteiger partial charge is 0.0666 e.